The molecule has 0 saturated heterocycles. The number of nitrogens with zero attached hydrogens (tertiary/aromatic N) is 1. The Hall–Kier alpha value is -1.55. The van der Waals surface area contributed by atoms with Crippen molar-refractivity contribution in [2.45, 2.75) is 12.3 Å². The number of fused-ring (bicyclic) bond motifs is 1. The molecule has 0 unspecified atom stereocenters. The number of rotatable bonds is 3. The van der Waals surface area contributed by atoms with Gasteiger partial charge in [0, 0.05) is 5.88 Å². The van der Waals surface area contributed by atoms with Crippen LogP contribution >= 0.6 is 11.6 Å². The van der Waals surface area contributed by atoms with E-state index in [1.165, 1.54) is 0 Å². The molecule has 15 heavy (non-hydrogen) atoms. The third-order valence-corrected chi connectivity index (χ3v) is 2.52. The maximum atomic E-state index is 10.6. The number of aliphatic carboxylic acids is 1. The van der Waals surface area contributed by atoms with Crippen LogP contribution in [0.15, 0.2) is 18.5 Å². The lowest BCUT2D eigenvalue weighted by Crippen LogP contribution is -2.01. The maximum Gasteiger partial charge on any atom is 0.307 e. The highest BCUT2D eigenvalue weighted by molar-refractivity contribution is 6.17. The molecule has 0 amide bonds. The molecule has 4 nitrogen and oxygen atoms in total. The van der Waals surface area contributed by atoms with E-state index in [1.807, 2.05) is 6.07 Å². The molecule has 0 aliphatic carbocycles. The molecule has 0 radical (unpaired) electrons. The van der Waals surface area contributed by atoms with E-state index >= 15 is 0 Å². The zero-order chi connectivity index (χ0) is 10.8. The largest absolute Gasteiger partial charge is 0.481 e. The van der Waals surface area contributed by atoms with Crippen LogP contribution in [0.2, 0.25) is 0 Å². The van der Waals surface area contributed by atoms with E-state index in [-0.39, 0.29) is 6.42 Å². The summed E-state index contributed by atoms with van der Waals surface area (Å²) in [6, 6.07) is 3.58. The van der Waals surface area contributed by atoms with E-state index in [1.54, 1.807) is 12.4 Å². The number of carboxylic acids is 1. The van der Waals surface area contributed by atoms with Crippen molar-refractivity contribution in [3.8, 4) is 0 Å². The van der Waals surface area contributed by atoms with E-state index in [9.17, 15) is 4.79 Å². The Labute approximate surface area is 90.9 Å². The number of benzene rings is 1. The van der Waals surface area contributed by atoms with Gasteiger partial charge in [0.2, 0.25) is 0 Å². The molecular formula is C10H9ClN2O2. The van der Waals surface area contributed by atoms with Gasteiger partial charge in [-0.05, 0) is 11.1 Å². The fraction of sp³-hybridized carbons (Fsp3) is 0.200. The summed E-state index contributed by atoms with van der Waals surface area (Å²) in [4.78, 5) is 17.7. The third-order valence-electron chi connectivity index (χ3n) is 2.24. The Morgan fingerprint density at radius 2 is 2.20 bits per heavy atom. The van der Waals surface area contributed by atoms with Gasteiger partial charge in [0.15, 0.2) is 0 Å². The number of aromatic nitrogens is 2. The third kappa shape index (κ3) is 1.80. The van der Waals surface area contributed by atoms with Crippen molar-refractivity contribution in [1.82, 2.24) is 9.97 Å². The summed E-state index contributed by atoms with van der Waals surface area (Å²) in [6.45, 7) is 0. The van der Waals surface area contributed by atoms with Crippen LogP contribution in [0.3, 0.4) is 0 Å². The lowest BCUT2D eigenvalue weighted by molar-refractivity contribution is -0.136. The highest BCUT2D eigenvalue weighted by atomic mass is 35.5. The van der Waals surface area contributed by atoms with Gasteiger partial charge < -0.3 is 10.1 Å². The van der Waals surface area contributed by atoms with Crippen LogP contribution in [0.5, 0.6) is 0 Å². The van der Waals surface area contributed by atoms with Gasteiger partial charge in [-0.25, -0.2) is 4.98 Å². The summed E-state index contributed by atoms with van der Waals surface area (Å²) in [6.07, 6.45) is 1.52. The van der Waals surface area contributed by atoms with Crippen LogP contribution in [0, 0.1) is 0 Å². The monoisotopic (exact) mass is 224 g/mol. The molecule has 0 bridgehead atoms. The topological polar surface area (TPSA) is 66.0 Å². The van der Waals surface area contributed by atoms with Crippen molar-refractivity contribution in [3.63, 3.8) is 0 Å². The quantitative estimate of drug-likeness (QED) is 0.783. The van der Waals surface area contributed by atoms with Crippen molar-refractivity contribution < 1.29 is 9.90 Å². The molecule has 2 rings (SSSR count). The highest BCUT2D eigenvalue weighted by Crippen LogP contribution is 2.21. The predicted molar refractivity (Wildman–Crippen MR) is 57.0 cm³/mol. The zero-order valence-electron chi connectivity index (χ0n) is 7.83. The molecule has 0 spiro atoms. The van der Waals surface area contributed by atoms with E-state index in [4.69, 9.17) is 16.7 Å². The van der Waals surface area contributed by atoms with Crippen molar-refractivity contribution >= 4 is 28.6 Å². The summed E-state index contributed by atoms with van der Waals surface area (Å²) in [5, 5.41) is 8.73. The number of alkyl halides is 1. The first-order chi connectivity index (χ1) is 7.22. The Morgan fingerprint density at radius 3 is 2.87 bits per heavy atom. The second-order valence-corrected chi connectivity index (χ2v) is 3.48. The number of carboxylic acid groups (broad SMARTS) is 1. The lowest BCUT2D eigenvalue weighted by Gasteiger charge is -2.02. The molecule has 1 aromatic heterocycles. The zero-order valence-corrected chi connectivity index (χ0v) is 8.58. The second kappa shape index (κ2) is 3.90. The standard InChI is InChI=1S/C10H9ClN2O2/c11-4-7-2-1-6(3-8(14)15)9-10(7)13-5-12-9/h1-2,5H,3-4H2,(H,12,13)(H,14,15). The van der Waals surface area contributed by atoms with Crippen molar-refractivity contribution in [2.24, 2.45) is 0 Å². The molecule has 1 aromatic carbocycles. The van der Waals surface area contributed by atoms with E-state index in [0.717, 1.165) is 11.1 Å². The first kappa shape index (κ1) is 9.98. The smallest absolute Gasteiger partial charge is 0.307 e. The van der Waals surface area contributed by atoms with Gasteiger partial charge in [0.05, 0.1) is 23.8 Å². The normalized spacial score (nSPS) is 10.7. The lowest BCUT2D eigenvalue weighted by atomic mass is 10.1. The first-order valence-electron chi connectivity index (χ1n) is 4.44. The van der Waals surface area contributed by atoms with Crippen LogP contribution < -0.4 is 0 Å². The van der Waals surface area contributed by atoms with Gasteiger partial charge in [-0.15, -0.1) is 11.6 Å². The molecule has 5 heteroatoms. The molecule has 78 valence electrons. The van der Waals surface area contributed by atoms with Gasteiger partial charge >= 0.3 is 5.97 Å². The maximum absolute atomic E-state index is 10.6. The summed E-state index contributed by atoms with van der Waals surface area (Å²) in [7, 11) is 0. The molecule has 0 atom stereocenters. The SMILES string of the molecule is O=C(O)Cc1ccc(CCl)c2[nH]cnc12. The number of hydrogen-bond acceptors (Lipinski definition) is 2. The number of aromatic amines is 1. The summed E-state index contributed by atoms with van der Waals surface area (Å²) >= 11 is 5.76. The number of hydrogen-bond donors (Lipinski definition) is 2. The van der Waals surface area contributed by atoms with Gasteiger partial charge in [-0.3, -0.25) is 4.79 Å². The van der Waals surface area contributed by atoms with E-state index in [0.29, 0.717) is 17.0 Å². The van der Waals surface area contributed by atoms with Crippen LogP contribution in [-0.4, -0.2) is 21.0 Å². The highest BCUT2D eigenvalue weighted by Gasteiger charge is 2.10. The molecule has 0 aliphatic rings. The number of carbonyl (C=O) groups is 1. The summed E-state index contributed by atoms with van der Waals surface area (Å²) in [5.41, 5.74) is 3.14. The number of halogens is 1. The summed E-state index contributed by atoms with van der Waals surface area (Å²) < 4.78 is 0. The molecule has 0 fully saturated rings. The summed E-state index contributed by atoms with van der Waals surface area (Å²) in [5.74, 6) is -0.482. The fourth-order valence-electron chi connectivity index (χ4n) is 1.56. The molecule has 2 N–H and O–H groups in total. The van der Waals surface area contributed by atoms with Crippen molar-refractivity contribution in [2.75, 3.05) is 0 Å². The number of nitrogens with one attached hydrogen (secondary N) is 1. The minimum atomic E-state index is -0.863. The second-order valence-electron chi connectivity index (χ2n) is 3.21. The Kier molecular flexibility index (Phi) is 2.60. The molecule has 1 heterocycles. The Bertz CT molecular complexity index is 507. The minimum Gasteiger partial charge on any atom is -0.481 e. The average Bonchev–Trinajstić information content (AvgIpc) is 2.66. The first-order valence-corrected chi connectivity index (χ1v) is 4.97. The Balaban J connectivity index is 2.58. The minimum absolute atomic E-state index is 0.0239. The van der Waals surface area contributed by atoms with Crippen LogP contribution in [-0.2, 0) is 17.1 Å². The predicted octanol–water partition coefficient (Wildman–Crippen LogP) is 1.93. The van der Waals surface area contributed by atoms with Crippen LogP contribution in [0.4, 0.5) is 0 Å². The molecule has 0 saturated carbocycles. The van der Waals surface area contributed by atoms with Crippen LogP contribution in [0.1, 0.15) is 11.1 Å². The Morgan fingerprint density at radius 1 is 1.47 bits per heavy atom. The van der Waals surface area contributed by atoms with Crippen molar-refractivity contribution in [1.29, 1.82) is 0 Å². The van der Waals surface area contributed by atoms with Crippen LogP contribution in [0.25, 0.3) is 11.0 Å². The average molecular weight is 225 g/mol. The van der Waals surface area contributed by atoms with Gasteiger partial charge in [-0.2, -0.15) is 0 Å². The van der Waals surface area contributed by atoms with E-state index in [2.05, 4.69) is 9.97 Å². The van der Waals surface area contributed by atoms with Gasteiger partial charge in [0.1, 0.15) is 0 Å². The number of H-pyrrole nitrogens is 1. The van der Waals surface area contributed by atoms with Crippen molar-refractivity contribution in [3.05, 3.63) is 29.6 Å². The molecule has 0 aliphatic heterocycles. The fourth-order valence-corrected chi connectivity index (χ4v) is 1.79. The number of imidazole rings is 1. The van der Waals surface area contributed by atoms with Gasteiger partial charge in [-0.1, -0.05) is 12.1 Å². The van der Waals surface area contributed by atoms with E-state index < -0.39 is 5.97 Å². The van der Waals surface area contributed by atoms with Gasteiger partial charge in [0.25, 0.3) is 0 Å². The molecule has 2 aromatic rings. The molecular weight excluding hydrogens is 216 g/mol.